The standard InChI is InChI=1S/C25H25Cl2N3O4/c1-33-19-9-6-16(7-10-19)14-28-24(31)23-13-20(34-29-23)15-30(18-4-2-3-5-18)25(32)21-11-8-17(26)12-22(21)27/h6-13,18H,2-5,14-15H2,1H3,(H,28,31). The van der Waals surface area contributed by atoms with E-state index in [2.05, 4.69) is 10.5 Å². The van der Waals surface area contributed by atoms with Gasteiger partial charge in [0.25, 0.3) is 11.8 Å². The van der Waals surface area contributed by atoms with Crippen LogP contribution >= 0.6 is 23.2 Å². The number of benzene rings is 2. The largest absolute Gasteiger partial charge is 0.497 e. The Bertz CT molecular complexity index is 1160. The number of carbonyl (C=O) groups excluding carboxylic acids is 2. The van der Waals surface area contributed by atoms with E-state index in [1.807, 2.05) is 24.3 Å². The molecule has 1 aromatic heterocycles. The molecule has 0 saturated heterocycles. The van der Waals surface area contributed by atoms with Crippen molar-refractivity contribution in [1.29, 1.82) is 0 Å². The number of amides is 2. The van der Waals surface area contributed by atoms with Crippen molar-refractivity contribution < 1.29 is 18.8 Å². The molecule has 0 unspecified atom stereocenters. The van der Waals surface area contributed by atoms with E-state index in [0.717, 1.165) is 37.0 Å². The van der Waals surface area contributed by atoms with Crippen LogP contribution in [0.4, 0.5) is 0 Å². The first-order chi connectivity index (χ1) is 16.4. The van der Waals surface area contributed by atoms with E-state index in [1.165, 1.54) is 0 Å². The monoisotopic (exact) mass is 501 g/mol. The lowest BCUT2D eigenvalue weighted by molar-refractivity contribution is 0.0643. The van der Waals surface area contributed by atoms with Crippen molar-refractivity contribution in [2.75, 3.05) is 7.11 Å². The van der Waals surface area contributed by atoms with Crippen LogP contribution in [0, 0.1) is 0 Å². The maximum Gasteiger partial charge on any atom is 0.273 e. The Kier molecular flexibility index (Phi) is 7.75. The van der Waals surface area contributed by atoms with Crippen LogP contribution < -0.4 is 10.1 Å². The lowest BCUT2D eigenvalue weighted by Crippen LogP contribution is -2.38. The molecule has 0 atom stereocenters. The summed E-state index contributed by atoms with van der Waals surface area (Å²) in [5.74, 6) is 0.623. The third-order valence-electron chi connectivity index (χ3n) is 5.92. The summed E-state index contributed by atoms with van der Waals surface area (Å²) in [6.45, 7) is 0.536. The summed E-state index contributed by atoms with van der Waals surface area (Å²) in [5, 5.41) is 7.50. The number of hydrogen-bond donors (Lipinski definition) is 1. The van der Waals surface area contributed by atoms with Gasteiger partial charge in [-0.05, 0) is 48.7 Å². The summed E-state index contributed by atoms with van der Waals surface area (Å²) < 4.78 is 10.6. The average Bonchev–Trinajstić information content (AvgIpc) is 3.53. The first kappa shape index (κ1) is 24.1. The number of nitrogens with zero attached hydrogens (tertiary/aromatic N) is 2. The Hall–Kier alpha value is -3.03. The van der Waals surface area contributed by atoms with Crippen molar-refractivity contribution in [3.63, 3.8) is 0 Å². The third-order valence-corrected chi connectivity index (χ3v) is 6.47. The fourth-order valence-electron chi connectivity index (χ4n) is 4.08. The van der Waals surface area contributed by atoms with E-state index in [-0.39, 0.29) is 30.1 Å². The lowest BCUT2D eigenvalue weighted by Gasteiger charge is -2.28. The van der Waals surface area contributed by atoms with Crippen molar-refractivity contribution in [2.45, 2.75) is 44.8 Å². The van der Waals surface area contributed by atoms with Crippen molar-refractivity contribution in [2.24, 2.45) is 0 Å². The number of methoxy groups -OCH3 is 1. The Morgan fingerprint density at radius 2 is 1.85 bits per heavy atom. The SMILES string of the molecule is COc1ccc(CNC(=O)c2cc(CN(C(=O)c3ccc(Cl)cc3Cl)C3CCCC3)on2)cc1. The molecule has 1 aliphatic carbocycles. The van der Waals surface area contributed by atoms with E-state index in [4.69, 9.17) is 32.5 Å². The normalized spacial score (nSPS) is 13.6. The summed E-state index contributed by atoms with van der Waals surface area (Å²) in [6, 6.07) is 13.9. The van der Waals surface area contributed by atoms with E-state index in [0.29, 0.717) is 27.9 Å². The van der Waals surface area contributed by atoms with Gasteiger partial charge >= 0.3 is 0 Å². The summed E-state index contributed by atoms with van der Waals surface area (Å²) in [7, 11) is 1.60. The van der Waals surface area contributed by atoms with Gasteiger partial charge < -0.3 is 19.5 Å². The highest BCUT2D eigenvalue weighted by atomic mass is 35.5. The first-order valence-electron chi connectivity index (χ1n) is 11.1. The number of ether oxygens (including phenoxy) is 1. The molecule has 2 aromatic carbocycles. The van der Waals surface area contributed by atoms with Crippen LogP contribution in [-0.4, -0.2) is 35.0 Å². The zero-order valence-electron chi connectivity index (χ0n) is 18.7. The molecule has 4 rings (SSSR count). The quantitative estimate of drug-likeness (QED) is 0.440. The Balaban J connectivity index is 1.44. The molecule has 178 valence electrons. The molecular formula is C25H25Cl2N3O4. The maximum absolute atomic E-state index is 13.4. The van der Waals surface area contributed by atoms with Gasteiger partial charge in [0.1, 0.15) is 5.75 Å². The fourth-order valence-corrected chi connectivity index (χ4v) is 4.57. The van der Waals surface area contributed by atoms with Gasteiger partial charge in [-0.25, -0.2) is 0 Å². The minimum absolute atomic E-state index is 0.0664. The van der Waals surface area contributed by atoms with Crippen molar-refractivity contribution in [1.82, 2.24) is 15.4 Å². The van der Waals surface area contributed by atoms with Crippen LogP contribution in [-0.2, 0) is 13.1 Å². The molecule has 2 amide bonds. The van der Waals surface area contributed by atoms with E-state index >= 15 is 0 Å². The topological polar surface area (TPSA) is 84.7 Å². The van der Waals surface area contributed by atoms with Crippen LogP contribution in [0.5, 0.6) is 5.75 Å². The molecule has 3 aromatic rings. The second kappa shape index (κ2) is 10.9. The molecule has 1 saturated carbocycles. The molecule has 9 heteroatoms. The van der Waals surface area contributed by atoms with Gasteiger partial charge in [-0.1, -0.05) is 53.3 Å². The van der Waals surface area contributed by atoms with Gasteiger partial charge in [0.15, 0.2) is 11.5 Å². The van der Waals surface area contributed by atoms with Gasteiger partial charge in [0, 0.05) is 23.7 Å². The number of hydrogen-bond acceptors (Lipinski definition) is 5. The molecule has 0 aliphatic heterocycles. The molecule has 0 spiro atoms. The highest BCUT2D eigenvalue weighted by molar-refractivity contribution is 6.36. The van der Waals surface area contributed by atoms with Crippen molar-refractivity contribution in [3.8, 4) is 5.75 Å². The minimum atomic E-state index is -0.356. The van der Waals surface area contributed by atoms with Gasteiger partial charge in [0.2, 0.25) is 0 Å². The maximum atomic E-state index is 13.4. The van der Waals surface area contributed by atoms with Crippen LogP contribution in [0.25, 0.3) is 0 Å². The van der Waals surface area contributed by atoms with Crippen molar-refractivity contribution in [3.05, 3.63) is 81.2 Å². The first-order valence-corrected chi connectivity index (χ1v) is 11.8. The van der Waals surface area contributed by atoms with Crippen LogP contribution in [0.3, 0.4) is 0 Å². The van der Waals surface area contributed by atoms with Crippen LogP contribution in [0.1, 0.15) is 57.9 Å². The number of aromatic nitrogens is 1. The third kappa shape index (κ3) is 5.72. The molecule has 34 heavy (non-hydrogen) atoms. The minimum Gasteiger partial charge on any atom is -0.497 e. The second-order valence-electron chi connectivity index (χ2n) is 8.20. The van der Waals surface area contributed by atoms with E-state index in [9.17, 15) is 9.59 Å². The number of halogens is 2. The van der Waals surface area contributed by atoms with Gasteiger partial charge in [-0.2, -0.15) is 0 Å². The predicted molar refractivity (Wildman–Crippen MR) is 129 cm³/mol. The van der Waals surface area contributed by atoms with E-state index < -0.39 is 0 Å². The van der Waals surface area contributed by atoms with E-state index in [1.54, 1.807) is 36.3 Å². The molecule has 7 nitrogen and oxygen atoms in total. The summed E-state index contributed by atoms with van der Waals surface area (Å²) in [4.78, 5) is 27.7. The zero-order valence-corrected chi connectivity index (χ0v) is 20.2. The Morgan fingerprint density at radius 3 is 2.53 bits per heavy atom. The summed E-state index contributed by atoms with van der Waals surface area (Å²) in [5.41, 5.74) is 1.47. The Labute approximate surface area is 208 Å². The van der Waals surface area contributed by atoms with Gasteiger partial charge in [-0.3, -0.25) is 9.59 Å². The number of nitrogens with one attached hydrogen (secondary N) is 1. The smallest absolute Gasteiger partial charge is 0.273 e. The van der Waals surface area contributed by atoms with Gasteiger partial charge in [0.05, 0.1) is 24.2 Å². The highest BCUT2D eigenvalue weighted by Crippen LogP contribution is 2.29. The van der Waals surface area contributed by atoms with Crippen molar-refractivity contribution >= 4 is 35.0 Å². The molecule has 0 radical (unpaired) electrons. The van der Waals surface area contributed by atoms with Crippen LogP contribution in [0.2, 0.25) is 10.0 Å². The number of rotatable bonds is 8. The predicted octanol–water partition coefficient (Wildman–Crippen LogP) is 5.51. The average molecular weight is 502 g/mol. The Morgan fingerprint density at radius 1 is 1.12 bits per heavy atom. The molecule has 1 heterocycles. The molecule has 1 aliphatic rings. The molecule has 0 bridgehead atoms. The highest BCUT2D eigenvalue weighted by Gasteiger charge is 2.30. The fraction of sp³-hybridized carbons (Fsp3) is 0.320. The summed E-state index contributed by atoms with van der Waals surface area (Å²) >= 11 is 12.3. The molecule has 1 fully saturated rings. The van der Waals surface area contributed by atoms with Gasteiger partial charge in [-0.15, -0.1) is 0 Å². The molecule has 1 N–H and O–H groups in total. The summed E-state index contributed by atoms with van der Waals surface area (Å²) in [6.07, 6.45) is 3.91. The van der Waals surface area contributed by atoms with Crippen LogP contribution in [0.15, 0.2) is 53.1 Å². The second-order valence-corrected chi connectivity index (χ2v) is 9.05. The number of carbonyl (C=O) groups is 2. The molecular weight excluding hydrogens is 477 g/mol. The lowest BCUT2D eigenvalue weighted by atomic mass is 10.1. The zero-order chi connectivity index (χ0) is 24.1.